The lowest BCUT2D eigenvalue weighted by molar-refractivity contribution is -0.467. The molecule has 0 heterocycles. The van der Waals surface area contributed by atoms with Gasteiger partial charge in [-0.3, -0.25) is 0 Å². The van der Waals surface area contributed by atoms with Crippen molar-refractivity contribution >= 4 is 15.8 Å². The smallest absolute Gasteiger partial charge is 0.485 e. The maximum atomic E-state index is 10.7. The summed E-state index contributed by atoms with van der Waals surface area (Å²) in [7, 11) is -1.78. The van der Waals surface area contributed by atoms with E-state index in [1.165, 1.54) is 32.1 Å². The zero-order chi connectivity index (χ0) is 13.7. The Labute approximate surface area is 98.9 Å². The van der Waals surface area contributed by atoms with Crippen LogP contribution in [0.1, 0.15) is 32.1 Å². The first-order chi connectivity index (χ1) is 7.55. The van der Waals surface area contributed by atoms with E-state index in [4.69, 9.17) is 13.0 Å². The molecule has 1 rings (SSSR count). The minimum Gasteiger partial charge on any atom is -0.741 e. The van der Waals surface area contributed by atoms with Gasteiger partial charge in [-0.05, 0) is 12.8 Å². The fourth-order valence-electron chi connectivity index (χ4n) is 1.41. The third kappa shape index (κ3) is 6.62. The van der Waals surface area contributed by atoms with Gasteiger partial charge in [-0.2, -0.15) is 13.2 Å². The predicted molar refractivity (Wildman–Crippen MR) is 56.0 cm³/mol. The number of nitrogens with zero attached hydrogens (tertiary/aromatic N) is 1. The first-order valence-corrected chi connectivity index (χ1v) is 6.50. The van der Waals surface area contributed by atoms with Crippen LogP contribution in [0.5, 0.6) is 0 Å². The summed E-state index contributed by atoms with van der Waals surface area (Å²) in [4.78, 5) is 0. The van der Waals surface area contributed by atoms with Crippen LogP contribution in [-0.4, -0.2) is 42.9 Å². The largest absolute Gasteiger partial charge is 0.741 e. The highest BCUT2D eigenvalue weighted by Gasteiger charge is 2.36. The number of rotatable bonds is 0. The van der Waals surface area contributed by atoms with Gasteiger partial charge in [-0.25, -0.2) is 13.0 Å². The van der Waals surface area contributed by atoms with Crippen molar-refractivity contribution in [1.29, 1.82) is 0 Å². The van der Waals surface area contributed by atoms with Crippen LogP contribution in [0.25, 0.3) is 0 Å². The average molecular weight is 275 g/mol. The molecule has 102 valence electrons. The molecule has 17 heavy (non-hydrogen) atoms. The van der Waals surface area contributed by atoms with Gasteiger partial charge < -0.3 is 4.55 Å². The van der Waals surface area contributed by atoms with Crippen LogP contribution in [0.3, 0.4) is 0 Å². The molecule has 8 heteroatoms. The van der Waals surface area contributed by atoms with Crippen molar-refractivity contribution in [2.45, 2.75) is 37.6 Å². The van der Waals surface area contributed by atoms with Gasteiger partial charge in [0.05, 0.1) is 0 Å². The Morgan fingerprint density at radius 1 is 1.12 bits per heavy atom. The van der Waals surface area contributed by atoms with E-state index in [1.807, 2.05) is 0 Å². The van der Waals surface area contributed by atoms with E-state index < -0.39 is 15.6 Å². The molecule has 0 spiro atoms. The van der Waals surface area contributed by atoms with Crippen LogP contribution in [0.15, 0.2) is 0 Å². The molecule has 0 aromatic carbocycles. The number of hydrogen-bond donors (Lipinski definition) is 0. The minimum absolute atomic E-state index is 1.34. The molecule has 0 radical (unpaired) electrons. The number of hydrogen-bond acceptors (Lipinski definition) is 3. The van der Waals surface area contributed by atoms with E-state index in [0.29, 0.717) is 0 Å². The summed E-state index contributed by atoms with van der Waals surface area (Å²) in [6.07, 6.45) is 6.94. The lowest BCUT2D eigenvalue weighted by Gasteiger charge is -2.09. The minimum atomic E-state index is -6.09. The normalized spacial score (nSPS) is 17.2. The zero-order valence-electron chi connectivity index (χ0n) is 9.75. The molecule has 0 bridgehead atoms. The van der Waals surface area contributed by atoms with Crippen LogP contribution in [-0.2, 0) is 10.1 Å². The maximum absolute atomic E-state index is 10.7. The van der Waals surface area contributed by atoms with Crippen LogP contribution in [0, 0.1) is 0 Å². The van der Waals surface area contributed by atoms with Gasteiger partial charge in [-0.15, -0.1) is 0 Å². The number of alkyl halides is 3. The van der Waals surface area contributed by atoms with Crippen LogP contribution >= 0.6 is 0 Å². The lowest BCUT2D eigenvalue weighted by Crippen LogP contribution is -2.21. The average Bonchev–Trinajstić information content (AvgIpc) is 2.17. The Bertz CT molecular complexity index is 361. The van der Waals surface area contributed by atoms with Gasteiger partial charge >= 0.3 is 5.51 Å². The van der Waals surface area contributed by atoms with Crippen molar-refractivity contribution in [2.75, 3.05) is 14.1 Å². The van der Waals surface area contributed by atoms with Gasteiger partial charge in [0.1, 0.15) is 14.1 Å². The molecule has 0 aliphatic heterocycles. The van der Waals surface area contributed by atoms with E-state index in [2.05, 4.69) is 18.7 Å². The Kier molecular flexibility index (Phi) is 6.11. The highest BCUT2D eigenvalue weighted by molar-refractivity contribution is 7.86. The summed E-state index contributed by atoms with van der Waals surface area (Å²) < 4.78 is 61.2. The second-order valence-corrected chi connectivity index (χ2v) is 5.29. The van der Waals surface area contributed by atoms with Gasteiger partial charge in [-0.1, -0.05) is 6.42 Å². The Morgan fingerprint density at radius 2 is 1.47 bits per heavy atom. The van der Waals surface area contributed by atoms with Crippen LogP contribution in [0.4, 0.5) is 13.2 Å². The van der Waals surface area contributed by atoms with Crippen molar-refractivity contribution < 1.29 is 30.7 Å². The predicted octanol–water partition coefficient (Wildman–Crippen LogP) is 1.72. The molecule has 1 aliphatic carbocycles. The molecule has 0 atom stereocenters. The van der Waals surface area contributed by atoms with E-state index in [1.54, 1.807) is 5.71 Å². The summed E-state index contributed by atoms with van der Waals surface area (Å²) >= 11 is 0. The van der Waals surface area contributed by atoms with E-state index in [0.717, 1.165) is 0 Å². The second kappa shape index (κ2) is 6.34. The monoisotopic (exact) mass is 275 g/mol. The summed E-state index contributed by atoms with van der Waals surface area (Å²) in [6.45, 7) is 0. The molecule has 0 amide bonds. The van der Waals surface area contributed by atoms with E-state index in [-0.39, 0.29) is 0 Å². The fraction of sp³-hybridized carbons (Fsp3) is 0.889. The fourth-order valence-corrected chi connectivity index (χ4v) is 1.41. The summed E-state index contributed by atoms with van der Waals surface area (Å²) in [6, 6.07) is 0. The van der Waals surface area contributed by atoms with Gasteiger partial charge in [0.15, 0.2) is 15.8 Å². The topological polar surface area (TPSA) is 60.2 Å². The first-order valence-electron chi connectivity index (χ1n) is 5.10. The van der Waals surface area contributed by atoms with Gasteiger partial charge in [0.25, 0.3) is 0 Å². The molecule has 1 aliphatic rings. The SMILES string of the molecule is C[N+](C)=C1CCCCC1.O=S(=O)([O-])C(F)(F)F. The molecule has 0 aromatic heterocycles. The Balaban J connectivity index is 0.000000304. The van der Waals surface area contributed by atoms with Crippen LogP contribution in [0.2, 0.25) is 0 Å². The van der Waals surface area contributed by atoms with Crippen molar-refractivity contribution in [3.63, 3.8) is 0 Å². The molecule has 0 saturated heterocycles. The van der Waals surface area contributed by atoms with Crippen molar-refractivity contribution in [3.05, 3.63) is 0 Å². The Morgan fingerprint density at radius 3 is 1.65 bits per heavy atom. The van der Waals surface area contributed by atoms with Crippen molar-refractivity contribution in [3.8, 4) is 0 Å². The molecule has 1 saturated carbocycles. The summed E-state index contributed by atoms with van der Waals surface area (Å²) in [5.41, 5.74) is -4.01. The highest BCUT2D eigenvalue weighted by Crippen LogP contribution is 2.20. The van der Waals surface area contributed by atoms with Crippen molar-refractivity contribution in [1.82, 2.24) is 0 Å². The first kappa shape index (κ1) is 16.4. The molecular weight excluding hydrogens is 259 g/mol. The molecule has 0 N–H and O–H groups in total. The zero-order valence-corrected chi connectivity index (χ0v) is 10.6. The second-order valence-electron chi connectivity index (χ2n) is 3.92. The Hall–Kier alpha value is -0.630. The standard InChI is InChI=1S/C8H16N.CHF3O3S/c1-9(2)8-6-4-3-5-7-8;2-1(3,4)8(5,6)7/h3-7H2,1-2H3;(H,5,6,7)/q+1;/p-1. The molecule has 0 unspecified atom stereocenters. The molecular formula is C9H16F3NO3S. The van der Waals surface area contributed by atoms with Gasteiger partial charge in [0.2, 0.25) is 0 Å². The lowest BCUT2D eigenvalue weighted by atomic mass is 9.98. The highest BCUT2D eigenvalue weighted by atomic mass is 32.2. The molecule has 4 nitrogen and oxygen atoms in total. The summed E-state index contributed by atoms with van der Waals surface area (Å²) in [5, 5.41) is 0. The van der Waals surface area contributed by atoms with Gasteiger partial charge in [0, 0.05) is 12.8 Å². The quantitative estimate of drug-likeness (QED) is 0.384. The third-order valence-electron chi connectivity index (χ3n) is 2.35. The maximum Gasteiger partial charge on any atom is 0.485 e. The van der Waals surface area contributed by atoms with E-state index in [9.17, 15) is 13.2 Å². The number of halogens is 3. The molecule has 0 aromatic rings. The molecule has 1 fully saturated rings. The van der Waals surface area contributed by atoms with E-state index >= 15 is 0 Å². The summed E-state index contributed by atoms with van der Waals surface area (Å²) in [5.74, 6) is 0. The van der Waals surface area contributed by atoms with Crippen LogP contribution < -0.4 is 0 Å². The van der Waals surface area contributed by atoms with Crippen molar-refractivity contribution in [2.24, 2.45) is 0 Å². The third-order valence-corrected chi connectivity index (χ3v) is 2.91.